The quantitative estimate of drug-likeness (QED) is 0.684. The van der Waals surface area contributed by atoms with E-state index in [1.165, 1.54) is 0 Å². The minimum absolute atomic E-state index is 0.0311. The maximum atomic E-state index is 11.1. The van der Waals surface area contributed by atoms with Gasteiger partial charge in [-0.25, -0.2) is 13.1 Å². The lowest BCUT2D eigenvalue weighted by molar-refractivity contribution is 0.374. The zero-order valence-electron chi connectivity index (χ0n) is 7.37. The van der Waals surface area contributed by atoms with Crippen LogP contribution >= 0.6 is 11.6 Å². The van der Waals surface area contributed by atoms with Crippen LogP contribution in [0.25, 0.3) is 0 Å². The zero-order valence-corrected chi connectivity index (χ0v) is 8.94. The van der Waals surface area contributed by atoms with E-state index >= 15 is 0 Å². The summed E-state index contributed by atoms with van der Waals surface area (Å²) in [6.45, 7) is 0. The first kappa shape index (κ1) is 11.2. The van der Waals surface area contributed by atoms with Crippen molar-refractivity contribution in [1.82, 2.24) is 4.72 Å². The van der Waals surface area contributed by atoms with Crippen molar-refractivity contribution in [1.29, 1.82) is 0 Å². The molecule has 1 saturated carbocycles. The van der Waals surface area contributed by atoms with E-state index in [0.717, 1.165) is 25.7 Å². The molecule has 13 heavy (non-hydrogen) atoms. The van der Waals surface area contributed by atoms with Crippen LogP contribution in [-0.4, -0.2) is 25.7 Å². The molecule has 1 rings (SSSR count). The van der Waals surface area contributed by atoms with Crippen molar-refractivity contribution < 1.29 is 8.42 Å². The van der Waals surface area contributed by atoms with Crippen LogP contribution in [0.1, 0.15) is 25.7 Å². The molecule has 3 N–H and O–H groups in total. The fourth-order valence-electron chi connectivity index (χ4n) is 1.52. The third kappa shape index (κ3) is 3.81. The van der Waals surface area contributed by atoms with Gasteiger partial charge in [0.2, 0.25) is 10.0 Å². The van der Waals surface area contributed by atoms with Gasteiger partial charge >= 0.3 is 0 Å². The van der Waals surface area contributed by atoms with E-state index in [2.05, 4.69) is 4.72 Å². The van der Waals surface area contributed by atoms with E-state index in [1.54, 1.807) is 0 Å². The normalized spacial score (nSPS) is 30.3. The SMILES string of the molecule is NC1CCC(NS(=O)(=O)CCl)CC1. The summed E-state index contributed by atoms with van der Waals surface area (Å²) < 4.78 is 24.7. The number of alkyl halides is 1. The zero-order chi connectivity index (χ0) is 9.90. The van der Waals surface area contributed by atoms with Crippen LogP contribution < -0.4 is 10.5 Å². The average molecular weight is 227 g/mol. The molecule has 0 spiro atoms. The molecule has 0 aromatic rings. The maximum Gasteiger partial charge on any atom is 0.225 e. The first-order valence-electron chi connectivity index (χ1n) is 4.35. The van der Waals surface area contributed by atoms with Crippen molar-refractivity contribution in [2.24, 2.45) is 5.73 Å². The number of halogens is 1. The molecule has 0 aromatic heterocycles. The van der Waals surface area contributed by atoms with E-state index in [-0.39, 0.29) is 17.3 Å². The molecule has 0 radical (unpaired) electrons. The number of sulfonamides is 1. The van der Waals surface area contributed by atoms with E-state index < -0.39 is 10.0 Å². The second-order valence-corrected chi connectivity index (χ2v) is 5.79. The van der Waals surface area contributed by atoms with Gasteiger partial charge in [-0.2, -0.15) is 0 Å². The minimum Gasteiger partial charge on any atom is -0.328 e. The maximum absolute atomic E-state index is 11.1. The second-order valence-electron chi connectivity index (χ2n) is 3.45. The molecule has 0 amide bonds. The Morgan fingerprint density at radius 3 is 2.31 bits per heavy atom. The lowest BCUT2D eigenvalue weighted by Gasteiger charge is -2.26. The highest BCUT2D eigenvalue weighted by molar-refractivity contribution is 7.90. The molecular formula is C7H15ClN2O2S. The van der Waals surface area contributed by atoms with E-state index in [0.29, 0.717) is 0 Å². The predicted molar refractivity (Wildman–Crippen MR) is 53.0 cm³/mol. The van der Waals surface area contributed by atoms with Gasteiger partial charge in [0.1, 0.15) is 5.21 Å². The molecule has 1 fully saturated rings. The Bertz CT molecular complexity index is 247. The Kier molecular flexibility index (Phi) is 3.97. The molecule has 0 heterocycles. The number of nitrogens with two attached hydrogens (primary N) is 1. The molecule has 0 aliphatic heterocycles. The van der Waals surface area contributed by atoms with Crippen LogP contribution in [-0.2, 0) is 10.0 Å². The number of hydrogen-bond acceptors (Lipinski definition) is 3. The fraction of sp³-hybridized carbons (Fsp3) is 1.00. The van der Waals surface area contributed by atoms with Crippen LogP contribution in [0, 0.1) is 0 Å². The Hall–Kier alpha value is 0.160. The van der Waals surface area contributed by atoms with E-state index in [4.69, 9.17) is 17.3 Å². The minimum atomic E-state index is -3.26. The summed E-state index contributed by atoms with van der Waals surface area (Å²) in [6, 6.07) is 0.264. The Balaban J connectivity index is 2.39. The first-order chi connectivity index (χ1) is 6.03. The summed E-state index contributed by atoms with van der Waals surface area (Å²) in [6.07, 6.45) is 3.40. The smallest absolute Gasteiger partial charge is 0.225 e. The van der Waals surface area contributed by atoms with Crippen molar-refractivity contribution in [3.8, 4) is 0 Å². The third-order valence-electron chi connectivity index (χ3n) is 2.26. The van der Waals surface area contributed by atoms with Gasteiger partial charge < -0.3 is 5.73 Å². The topological polar surface area (TPSA) is 72.2 Å². The van der Waals surface area contributed by atoms with Gasteiger partial charge in [-0.15, -0.1) is 11.6 Å². The van der Waals surface area contributed by atoms with Gasteiger partial charge in [0, 0.05) is 12.1 Å². The van der Waals surface area contributed by atoms with E-state index in [1.807, 2.05) is 0 Å². The molecule has 1 aliphatic rings. The van der Waals surface area contributed by atoms with Crippen molar-refractivity contribution >= 4 is 21.6 Å². The third-order valence-corrected chi connectivity index (χ3v) is 4.10. The molecular weight excluding hydrogens is 212 g/mol. The predicted octanol–water partition coefficient (Wildman–Crippen LogP) is 0.372. The highest BCUT2D eigenvalue weighted by Gasteiger charge is 2.22. The lowest BCUT2D eigenvalue weighted by atomic mass is 9.93. The van der Waals surface area contributed by atoms with Gasteiger partial charge in [0.05, 0.1) is 0 Å². The monoisotopic (exact) mass is 226 g/mol. The molecule has 4 nitrogen and oxygen atoms in total. The lowest BCUT2D eigenvalue weighted by Crippen LogP contribution is -2.40. The Morgan fingerprint density at radius 1 is 1.31 bits per heavy atom. The molecule has 1 aliphatic carbocycles. The standard InChI is InChI=1S/C7H15ClN2O2S/c8-5-13(11,12)10-7-3-1-6(9)2-4-7/h6-7,10H,1-5,9H2. The summed E-state index contributed by atoms with van der Waals surface area (Å²) in [5, 5.41) is -0.366. The Morgan fingerprint density at radius 2 is 1.85 bits per heavy atom. The summed E-state index contributed by atoms with van der Waals surface area (Å²) >= 11 is 5.27. The van der Waals surface area contributed by atoms with Gasteiger partial charge in [-0.1, -0.05) is 0 Å². The summed E-state index contributed by atoms with van der Waals surface area (Å²) in [5.74, 6) is 0. The van der Waals surface area contributed by atoms with Crippen LogP contribution in [0.5, 0.6) is 0 Å². The van der Waals surface area contributed by atoms with Crippen LogP contribution in [0.3, 0.4) is 0 Å². The highest BCUT2D eigenvalue weighted by Crippen LogP contribution is 2.17. The largest absolute Gasteiger partial charge is 0.328 e. The van der Waals surface area contributed by atoms with Gasteiger partial charge in [0.15, 0.2) is 0 Å². The molecule has 0 aromatic carbocycles. The number of rotatable bonds is 3. The summed E-state index contributed by atoms with van der Waals surface area (Å²) in [5.41, 5.74) is 5.69. The molecule has 78 valence electrons. The first-order valence-corrected chi connectivity index (χ1v) is 6.54. The van der Waals surface area contributed by atoms with Crippen LogP contribution in [0.15, 0.2) is 0 Å². The number of nitrogens with one attached hydrogen (secondary N) is 1. The van der Waals surface area contributed by atoms with Crippen LogP contribution in [0.2, 0.25) is 0 Å². The second kappa shape index (κ2) is 4.59. The van der Waals surface area contributed by atoms with Crippen molar-refractivity contribution in [3.05, 3.63) is 0 Å². The molecule has 0 unspecified atom stereocenters. The molecule has 0 atom stereocenters. The average Bonchev–Trinajstić information content (AvgIpc) is 2.09. The van der Waals surface area contributed by atoms with E-state index in [9.17, 15) is 8.42 Å². The van der Waals surface area contributed by atoms with Crippen molar-refractivity contribution in [2.75, 3.05) is 5.21 Å². The molecule has 0 bridgehead atoms. The summed E-state index contributed by atoms with van der Waals surface area (Å²) in [4.78, 5) is 0. The summed E-state index contributed by atoms with van der Waals surface area (Å²) in [7, 11) is -3.26. The van der Waals surface area contributed by atoms with Crippen molar-refractivity contribution in [2.45, 2.75) is 37.8 Å². The number of hydrogen-bond donors (Lipinski definition) is 2. The Labute approximate surface area is 83.9 Å². The van der Waals surface area contributed by atoms with Crippen LogP contribution in [0.4, 0.5) is 0 Å². The highest BCUT2D eigenvalue weighted by atomic mass is 35.5. The van der Waals surface area contributed by atoms with Crippen molar-refractivity contribution in [3.63, 3.8) is 0 Å². The molecule has 6 heteroatoms. The van der Waals surface area contributed by atoms with Gasteiger partial charge in [-0.05, 0) is 25.7 Å². The van der Waals surface area contributed by atoms with Gasteiger partial charge in [-0.3, -0.25) is 0 Å². The fourth-order valence-corrected chi connectivity index (χ4v) is 2.52. The molecule has 0 saturated heterocycles. The van der Waals surface area contributed by atoms with Gasteiger partial charge in [0.25, 0.3) is 0 Å².